The number of rotatable bonds is 4. The highest BCUT2D eigenvalue weighted by Crippen LogP contribution is 2.15. The zero-order valence-electron chi connectivity index (χ0n) is 12.1. The highest BCUT2D eigenvalue weighted by Gasteiger charge is 2.17. The van der Waals surface area contributed by atoms with Crippen molar-refractivity contribution < 1.29 is 14.3 Å². The van der Waals surface area contributed by atoms with E-state index in [0.29, 0.717) is 31.7 Å². The van der Waals surface area contributed by atoms with Crippen LogP contribution in [-0.4, -0.2) is 31.1 Å². The number of carbonyl (C=O) groups is 2. The summed E-state index contributed by atoms with van der Waals surface area (Å²) in [5.74, 6) is 0.822. The van der Waals surface area contributed by atoms with Crippen LogP contribution in [0, 0.1) is 0 Å². The van der Waals surface area contributed by atoms with Gasteiger partial charge in [0, 0.05) is 24.7 Å². The van der Waals surface area contributed by atoms with E-state index in [1.807, 2.05) is 19.1 Å². The van der Waals surface area contributed by atoms with Crippen LogP contribution in [0.15, 0.2) is 24.3 Å². The van der Waals surface area contributed by atoms with Crippen molar-refractivity contribution in [2.24, 2.45) is 0 Å². The third-order valence-electron chi connectivity index (χ3n) is 3.29. The molecule has 1 aromatic carbocycles. The van der Waals surface area contributed by atoms with Crippen molar-refractivity contribution in [2.75, 3.05) is 18.5 Å². The molecule has 1 aromatic rings. The highest BCUT2D eigenvalue weighted by atomic mass is 16.5. The largest absolute Gasteiger partial charge is 0.494 e. The predicted molar refractivity (Wildman–Crippen MR) is 80.4 cm³/mol. The maximum Gasteiger partial charge on any atom is 0.319 e. The lowest BCUT2D eigenvalue weighted by Crippen LogP contribution is -2.38. The van der Waals surface area contributed by atoms with E-state index in [-0.39, 0.29) is 18.0 Å². The number of hydrogen-bond donors (Lipinski definition) is 3. The van der Waals surface area contributed by atoms with Crippen molar-refractivity contribution in [1.29, 1.82) is 0 Å². The number of urea groups is 1. The van der Waals surface area contributed by atoms with Gasteiger partial charge in [0.25, 0.3) is 0 Å². The van der Waals surface area contributed by atoms with Crippen LogP contribution >= 0.6 is 0 Å². The lowest BCUT2D eigenvalue weighted by molar-refractivity contribution is -0.120. The van der Waals surface area contributed by atoms with Crippen molar-refractivity contribution in [3.8, 4) is 5.75 Å². The first-order chi connectivity index (χ1) is 10.2. The van der Waals surface area contributed by atoms with Crippen LogP contribution in [0.2, 0.25) is 0 Å². The zero-order chi connectivity index (χ0) is 15.1. The molecule has 2 rings (SSSR count). The van der Waals surface area contributed by atoms with Gasteiger partial charge in [0.2, 0.25) is 5.91 Å². The van der Waals surface area contributed by atoms with Crippen LogP contribution in [-0.2, 0) is 4.79 Å². The summed E-state index contributed by atoms with van der Waals surface area (Å²) in [7, 11) is 0. The maximum absolute atomic E-state index is 11.9. The molecule has 0 bridgehead atoms. The van der Waals surface area contributed by atoms with E-state index < -0.39 is 0 Å². The lowest BCUT2D eigenvalue weighted by Gasteiger charge is -2.16. The number of amides is 3. The predicted octanol–water partition coefficient (Wildman–Crippen LogP) is 1.88. The average molecular weight is 291 g/mol. The Bertz CT molecular complexity index is 487. The van der Waals surface area contributed by atoms with Gasteiger partial charge >= 0.3 is 6.03 Å². The lowest BCUT2D eigenvalue weighted by atomic mass is 10.1. The third-order valence-corrected chi connectivity index (χ3v) is 3.29. The Morgan fingerprint density at radius 3 is 2.81 bits per heavy atom. The Morgan fingerprint density at radius 1 is 1.33 bits per heavy atom. The first-order valence-corrected chi connectivity index (χ1v) is 7.24. The molecule has 0 spiro atoms. The van der Waals surface area contributed by atoms with Gasteiger partial charge in [-0.1, -0.05) is 0 Å². The van der Waals surface area contributed by atoms with Crippen LogP contribution in [0.5, 0.6) is 5.75 Å². The highest BCUT2D eigenvalue weighted by molar-refractivity contribution is 5.89. The minimum absolute atomic E-state index is 0.0200. The average Bonchev–Trinajstić information content (AvgIpc) is 2.66. The molecule has 0 aliphatic carbocycles. The monoisotopic (exact) mass is 291 g/mol. The van der Waals surface area contributed by atoms with E-state index in [1.165, 1.54) is 0 Å². The van der Waals surface area contributed by atoms with Crippen molar-refractivity contribution in [1.82, 2.24) is 10.6 Å². The summed E-state index contributed by atoms with van der Waals surface area (Å²) in [6.07, 6.45) is 1.87. The number of carbonyl (C=O) groups excluding carboxylic acids is 2. The molecule has 3 amide bonds. The van der Waals surface area contributed by atoms with Crippen LogP contribution in [0.1, 0.15) is 26.2 Å². The fraction of sp³-hybridized carbons (Fsp3) is 0.467. The Morgan fingerprint density at radius 2 is 2.10 bits per heavy atom. The molecule has 1 aliphatic heterocycles. The topological polar surface area (TPSA) is 79.5 Å². The summed E-state index contributed by atoms with van der Waals surface area (Å²) >= 11 is 0. The van der Waals surface area contributed by atoms with Gasteiger partial charge in [-0.3, -0.25) is 4.79 Å². The molecular formula is C15H21N3O3. The Balaban J connectivity index is 1.82. The molecule has 0 aromatic heterocycles. The first kappa shape index (κ1) is 15.2. The molecule has 0 saturated carbocycles. The molecule has 114 valence electrons. The van der Waals surface area contributed by atoms with Crippen molar-refractivity contribution in [3.63, 3.8) is 0 Å². The smallest absolute Gasteiger partial charge is 0.319 e. The van der Waals surface area contributed by atoms with E-state index in [2.05, 4.69) is 16.0 Å². The Labute approximate surface area is 124 Å². The normalized spacial score (nSPS) is 18.3. The van der Waals surface area contributed by atoms with Gasteiger partial charge in [-0.15, -0.1) is 0 Å². The number of ether oxygens (including phenoxy) is 1. The third kappa shape index (κ3) is 4.98. The second-order valence-electron chi connectivity index (χ2n) is 4.93. The molecule has 6 heteroatoms. The summed E-state index contributed by atoms with van der Waals surface area (Å²) in [5, 5.41) is 8.46. The van der Waals surface area contributed by atoms with Crippen molar-refractivity contribution in [3.05, 3.63) is 24.3 Å². The molecule has 1 fully saturated rings. The quantitative estimate of drug-likeness (QED) is 0.792. The Hall–Kier alpha value is -2.24. The van der Waals surface area contributed by atoms with Crippen LogP contribution in [0.3, 0.4) is 0 Å². The minimum atomic E-state index is -0.251. The number of benzene rings is 1. The number of hydrogen-bond acceptors (Lipinski definition) is 3. The summed E-state index contributed by atoms with van der Waals surface area (Å²) in [6, 6.07) is 6.98. The number of nitrogens with one attached hydrogen (secondary N) is 3. The molecule has 21 heavy (non-hydrogen) atoms. The van der Waals surface area contributed by atoms with Crippen molar-refractivity contribution in [2.45, 2.75) is 32.2 Å². The second kappa shape index (κ2) is 7.52. The fourth-order valence-corrected chi connectivity index (χ4v) is 2.22. The molecular weight excluding hydrogens is 270 g/mol. The van der Waals surface area contributed by atoms with E-state index in [1.54, 1.807) is 12.1 Å². The molecule has 1 atom stereocenters. The molecule has 1 saturated heterocycles. The fourth-order valence-electron chi connectivity index (χ4n) is 2.22. The van der Waals surface area contributed by atoms with Gasteiger partial charge in [0.1, 0.15) is 5.75 Å². The molecule has 6 nitrogen and oxygen atoms in total. The van der Waals surface area contributed by atoms with E-state index >= 15 is 0 Å². The second-order valence-corrected chi connectivity index (χ2v) is 4.93. The van der Waals surface area contributed by atoms with Gasteiger partial charge < -0.3 is 20.7 Å². The van der Waals surface area contributed by atoms with E-state index in [9.17, 15) is 9.59 Å². The van der Waals surface area contributed by atoms with Gasteiger partial charge in [0.15, 0.2) is 0 Å². The van der Waals surface area contributed by atoms with Gasteiger partial charge in [-0.2, -0.15) is 0 Å². The maximum atomic E-state index is 11.9. The first-order valence-electron chi connectivity index (χ1n) is 7.24. The van der Waals surface area contributed by atoms with Gasteiger partial charge in [-0.05, 0) is 44.0 Å². The Kier molecular flexibility index (Phi) is 5.43. The van der Waals surface area contributed by atoms with Crippen molar-refractivity contribution >= 4 is 17.6 Å². The summed E-state index contributed by atoms with van der Waals surface area (Å²) in [5.41, 5.74) is 0.707. The van der Waals surface area contributed by atoms with Crippen LogP contribution < -0.4 is 20.7 Å². The number of anilines is 1. The van der Waals surface area contributed by atoms with Crippen LogP contribution in [0.25, 0.3) is 0 Å². The summed E-state index contributed by atoms with van der Waals surface area (Å²) < 4.78 is 5.34. The minimum Gasteiger partial charge on any atom is -0.494 e. The van der Waals surface area contributed by atoms with Gasteiger partial charge in [-0.25, -0.2) is 4.79 Å². The molecule has 1 heterocycles. The molecule has 1 unspecified atom stereocenters. The summed E-state index contributed by atoms with van der Waals surface area (Å²) in [4.78, 5) is 23.2. The SMILES string of the molecule is CCOc1ccc(NC(=O)NC2CCNC(=O)CC2)cc1. The summed E-state index contributed by atoms with van der Waals surface area (Å²) in [6.45, 7) is 3.14. The molecule has 0 radical (unpaired) electrons. The van der Waals surface area contributed by atoms with Crippen LogP contribution in [0.4, 0.5) is 10.5 Å². The molecule has 1 aliphatic rings. The van der Waals surface area contributed by atoms with E-state index in [0.717, 1.165) is 12.2 Å². The van der Waals surface area contributed by atoms with Gasteiger partial charge in [0.05, 0.1) is 6.61 Å². The standard InChI is InChI=1S/C15H21N3O3/c1-2-21-13-6-3-11(4-7-13)17-15(20)18-12-5-8-14(19)16-10-9-12/h3-4,6-7,12H,2,5,8-10H2,1H3,(H,16,19)(H2,17,18,20). The zero-order valence-corrected chi connectivity index (χ0v) is 12.1. The molecule has 3 N–H and O–H groups in total. The van der Waals surface area contributed by atoms with E-state index in [4.69, 9.17) is 4.74 Å².